The fourth-order valence-electron chi connectivity index (χ4n) is 3.12. The normalized spacial score (nSPS) is 19.0. The van der Waals surface area contributed by atoms with Crippen molar-refractivity contribution in [2.24, 2.45) is 17.6 Å². The van der Waals surface area contributed by atoms with Gasteiger partial charge in [-0.25, -0.2) is 0 Å². The molecule has 1 aliphatic carbocycles. The van der Waals surface area contributed by atoms with Crippen molar-refractivity contribution < 1.29 is 4.79 Å². The van der Waals surface area contributed by atoms with E-state index in [4.69, 9.17) is 5.73 Å². The van der Waals surface area contributed by atoms with Crippen LogP contribution in [0.3, 0.4) is 0 Å². The Morgan fingerprint density at radius 1 is 1.37 bits per heavy atom. The first-order valence-corrected chi connectivity index (χ1v) is 7.46. The van der Waals surface area contributed by atoms with Crippen LogP contribution >= 0.6 is 12.4 Å². The van der Waals surface area contributed by atoms with Gasteiger partial charge in [0.1, 0.15) is 0 Å². The van der Waals surface area contributed by atoms with E-state index in [2.05, 4.69) is 26.1 Å². The summed E-state index contributed by atoms with van der Waals surface area (Å²) in [6, 6.07) is 0. The molecule has 0 bridgehead atoms. The zero-order valence-corrected chi connectivity index (χ0v) is 13.5. The third-order valence-corrected chi connectivity index (χ3v) is 4.00. The van der Waals surface area contributed by atoms with Crippen molar-refractivity contribution in [1.82, 2.24) is 5.32 Å². The Morgan fingerprint density at radius 2 is 1.95 bits per heavy atom. The molecule has 1 atom stereocenters. The van der Waals surface area contributed by atoms with Gasteiger partial charge in [-0.3, -0.25) is 4.79 Å². The molecule has 0 spiro atoms. The van der Waals surface area contributed by atoms with Gasteiger partial charge in [-0.2, -0.15) is 0 Å². The molecule has 114 valence electrons. The topological polar surface area (TPSA) is 55.1 Å². The molecule has 19 heavy (non-hydrogen) atoms. The largest absolute Gasteiger partial charge is 0.350 e. The highest BCUT2D eigenvalue weighted by atomic mass is 35.5. The van der Waals surface area contributed by atoms with Crippen molar-refractivity contribution in [3.05, 3.63) is 0 Å². The van der Waals surface area contributed by atoms with Crippen LogP contribution in [-0.2, 0) is 4.79 Å². The summed E-state index contributed by atoms with van der Waals surface area (Å²) in [5, 5.41) is 3.13. The van der Waals surface area contributed by atoms with E-state index < -0.39 is 0 Å². The fourth-order valence-corrected chi connectivity index (χ4v) is 3.12. The minimum absolute atomic E-state index is 0. The molecule has 0 radical (unpaired) electrons. The summed E-state index contributed by atoms with van der Waals surface area (Å²) in [6.45, 7) is 6.90. The molecule has 0 aromatic carbocycles. The fraction of sp³-hybridized carbons (Fsp3) is 0.933. The lowest BCUT2D eigenvalue weighted by atomic mass is 9.90. The highest BCUT2D eigenvalue weighted by Gasteiger charge is 2.26. The molecule has 0 heterocycles. The average molecular weight is 291 g/mol. The minimum Gasteiger partial charge on any atom is -0.350 e. The second-order valence-corrected chi connectivity index (χ2v) is 6.60. The van der Waals surface area contributed by atoms with Crippen molar-refractivity contribution in [3.8, 4) is 0 Å². The Morgan fingerprint density at radius 3 is 2.42 bits per heavy atom. The smallest absolute Gasteiger partial charge is 0.220 e. The SMILES string of the molecule is CC(C)CC(C)(CN)NC(=O)CCC1CCCC1.Cl. The first-order valence-electron chi connectivity index (χ1n) is 7.46. The van der Waals surface area contributed by atoms with E-state index >= 15 is 0 Å². The van der Waals surface area contributed by atoms with E-state index in [-0.39, 0.29) is 23.9 Å². The number of hydrogen-bond donors (Lipinski definition) is 2. The van der Waals surface area contributed by atoms with Crippen LogP contribution in [0.1, 0.15) is 65.7 Å². The van der Waals surface area contributed by atoms with Crippen LogP contribution in [0.25, 0.3) is 0 Å². The van der Waals surface area contributed by atoms with Crippen LogP contribution in [-0.4, -0.2) is 18.0 Å². The van der Waals surface area contributed by atoms with Crippen molar-refractivity contribution in [2.45, 2.75) is 71.3 Å². The molecule has 1 fully saturated rings. The number of nitrogens with one attached hydrogen (secondary N) is 1. The molecule has 1 saturated carbocycles. The first kappa shape index (κ1) is 18.7. The van der Waals surface area contributed by atoms with E-state index in [9.17, 15) is 4.79 Å². The van der Waals surface area contributed by atoms with Crippen LogP contribution in [0.15, 0.2) is 0 Å². The number of carbonyl (C=O) groups is 1. The highest BCUT2D eigenvalue weighted by molar-refractivity contribution is 5.85. The summed E-state index contributed by atoms with van der Waals surface area (Å²) in [4.78, 5) is 12.0. The number of carbonyl (C=O) groups excluding carboxylic acids is 1. The summed E-state index contributed by atoms with van der Waals surface area (Å²) in [7, 11) is 0. The molecule has 1 aliphatic rings. The van der Waals surface area contributed by atoms with E-state index in [1.807, 2.05) is 0 Å². The lowest BCUT2D eigenvalue weighted by Crippen LogP contribution is -2.52. The maximum atomic E-state index is 12.0. The average Bonchev–Trinajstić information content (AvgIpc) is 2.78. The van der Waals surface area contributed by atoms with Gasteiger partial charge in [0.25, 0.3) is 0 Å². The highest BCUT2D eigenvalue weighted by Crippen LogP contribution is 2.28. The number of nitrogens with two attached hydrogens (primary N) is 1. The summed E-state index contributed by atoms with van der Waals surface area (Å²) in [5.41, 5.74) is 5.57. The molecule has 3 N–H and O–H groups in total. The quantitative estimate of drug-likeness (QED) is 0.756. The van der Waals surface area contributed by atoms with Crippen LogP contribution in [0, 0.1) is 11.8 Å². The molecular weight excluding hydrogens is 260 g/mol. The summed E-state index contributed by atoms with van der Waals surface area (Å²) in [5.74, 6) is 1.51. The second kappa shape index (κ2) is 8.80. The van der Waals surface area contributed by atoms with Crippen molar-refractivity contribution in [1.29, 1.82) is 0 Å². The van der Waals surface area contributed by atoms with Gasteiger partial charge >= 0.3 is 0 Å². The van der Waals surface area contributed by atoms with Crippen LogP contribution in [0.4, 0.5) is 0 Å². The Balaban J connectivity index is 0.00000324. The van der Waals surface area contributed by atoms with Crippen molar-refractivity contribution >= 4 is 18.3 Å². The predicted octanol–water partition coefficient (Wildman–Crippen LogP) is 3.26. The van der Waals surface area contributed by atoms with Gasteiger partial charge < -0.3 is 11.1 Å². The monoisotopic (exact) mass is 290 g/mol. The van der Waals surface area contributed by atoms with Gasteiger partial charge in [-0.05, 0) is 31.6 Å². The minimum atomic E-state index is -0.235. The Bertz CT molecular complexity index is 265. The molecule has 1 unspecified atom stereocenters. The van der Waals surface area contributed by atoms with E-state index in [0.29, 0.717) is 18.9 Å². The number of halogens is 1. The van der Waals surface area contributed by atoms with Gasteiger partial charge in [-0.1, -0.05) is 39.5 Å². The Kier molecular flexibility index (Phi) is 8.67. The van der Waals surface area contributed by atoms with Crippen molar-refractivity contribution in [3.63, 3.8) is 0 Å². The lowest BCUT2D eigenvalue weighted by Gasteiger charge is -2.31. The molecule has 0 aliphatic heterocycles. The molecular formula is C15H31ClN2O. The van der Waals surface area contributed by atoms with E-state index in [1.165, 1.54) is 25.7 Å². The third kappa shape index (κ3) is 7.17. The van der Waals surface area contributed by atoms with Gasteiger partial charge in [0.2, 0.25) is 5.91 Å². The van der Waals surface area contributed by atoms with E-state index in [1.54, 1.807) is 0 Å². The number of hydrogen-bond acceptors (Lipinski definition) is 2. The summed E-state index contributed by atoms with van der Waals surface area (Å²) < 4.78 is 0. The molecule has 0 aromatic rings. The van der Waals surface area contributed by atoms with Gasteiger partial charge in [0.05, 0.1) is 0 Å². The van der Waals surface area contributed by atoms with Crippen molar-refractivity contribution in [2.75, 3.05) is 6.54 Å². The predicted molar refractivity (Wildman–Crippen MR) is 83.5 cm³/mol. The van der Waals surface area contributed by atoms with Gasteiger partial charge in [-0.15, -0.1) is 12.4 Å². The summed E-state index contributed by atoms with van der Waals surface area (Å²) in [6.07, 6.45) is 7.98. The maximum absolute atomic E-state index is 12.0. The molecule has 4 heteroatoms. The summed E-state index contributed by atoms with van der Waals surface area (Å²) >= 11 is 0. The third-order valence-electron chi connectivity index (χ3n) is 4.00. The number of rotatable bonds is 7. The molecule has 1 amide bonds. The maximum Gasteiger partial charge on any atom is 0.220 e. The van der Waals surface area contributed by atoms with Gasteiger partial charge in [0.15, 0.2) is 0 Å². The number of amides is 1. The van der Waals surface area contributed by atoms with Gasteiger partial charge in [0, 0.05) is 18.5 Å². The zero-order chi connectivity index (χ0) is 13.6. The van der Waals surface area contributed by atoms with E-state index in [0.717, 1.165) is 18.8 Å². The zero-order valence-electron chi connectivity index (χ0n) is 12.7. The lowest BCUT2D eigenvalue weighted by molar-refractivity contribution is -0.123. The Hall–Kier alpha value is -0.280. The van der Waals surface area contributed by atoms with Crippen LogP contribution in [0.2, 0.25) is 0 Å². The second-order valence-electron chi connectivity index (χ2n) is 6.60. The van der Waals surface area contributed by atoms with Crippen LogP contribution < -0.4 is 11.1 Å². The molecule has 0 saturated heterocycles. The molecule has 3 nitrogen and oxygen atoms in total. The molecule has 1 rings (SSSR count). The first-order chi connectivity index (χ1) is 8.45. The Labute approximate surface area is 124 Å². The van der Waals surface area contributed by atoms with Crippen LogP contribution in [0.5, 0.6) is 0 Å². The molecule has 0 aromatic heterocycles. The standard InChI is InChI=1S/C15H30N2O.ClH/c1-12(2)10-15(3,11-16)17-14(18)9-8-13-6-4-5-7-13;/h12-13H,4-11,16H2,1-3H3,(H,17,18);1H.